The number of hydrogen-bond donors (Lipinski definition) is 1. The Morgan fingerprint density at radius 3 is 2.44 bits per heavy atom. The van der Waals surface area contributed by atoms with Gasteiger partial charge in [0.15, 0.2) is 6.61 Å². The minimum Gasteiger partial charge on any atom is -0.494 e. The standard InChI is InChI=1S/C22H25NO4/c1-3-26-20-12-9-18(10-13-20)11-14-22(25)27-16-21(24)23-15-17(2)19-7-5-4-6-8-19/h4-14,17H,3,15-16H2,1-2H3,(H,23,24)/b14-11+/t17-/m1/s1. The number of nitrogens with one attached hydrogen (secondary N) is 1. The highest BCUT2D eigenvalue weighted by atomic mass is 16.5. The van der Waals surface area contributed by atoms with E-state index in [-0.39, 0.29) is 18.4 Å². The Kier molecular flexibility index (Phi) is 8.10. The fraction of sp³-hybridized carbons (Fsp3) is 0.273. The summed E-state index contributed by atoms with van der Waals surface area (Å²) in [5, 5.41) is 2.77. The third-order valence-corrected chi connectivity index (χ3v) is 3.92. The number of hydrogen-bond acceptors (Lipinski definition) is 4. The maximum atomic E-state index is 11.8. The normalized spacial score (nSPS) is 11.8. The van der Waals surface area contributed by atoms with E-state index in [0.29, 0.717) is 13.2 Å². The van der Waals surface area contributed by atoms with Crippen LogP contribution in [0.15, 0.2) is 60.7 Å². The molecule has 0 saturated carbocycles. The highest BCUT2D eigenvalue weighted by Gasteiger charge is 2.09. The lowest BCUT2D eigenvalue weighted by atomic mass is 10.0. The Labute approximate surface area is 160 Å². The molecule has 2 rings (SSSR count). The van der Waals surface area contributed by atoms with E-state index in [9.17, 15) is 9.59 Å². The molecule has 0 aliphatic rings. The van der Waals surface area contributed by atoms with Crippen LogP contribution in [0.5, 0.6) is 5.75 Å². The summed E-state index contributed by atoms with van der Waals surface area (Å²) < 4.78 is 10.3. The van der Waals surface area contributed by atoms with Crippen LogP contribution in [0.3, 0.4) is 0 Å². The number of amides is 1. The Balaban J connectivity index is 1.70. The molecule has 0 spiro atoms. The summed E-state index contributed by atoms with van der Waals surface area (Å²) in [6, 6.07) is 17.3. The van der Waals surface area contributed by atoms with Crippen molar-refractivity contribution in [2.75, 3.05) is 19.8 Å². The maximum Gasteiger partial charge on any atom is 0.331 e. The van der Waals surface area contributed by atoms with E-state index in [1.165, 1.54) is 6.08 Å². The third-order valence-electron chi connectivity index (χ3n) is 3.92. The number of carbonyl (C=O) groups excluding carboxylic acids is 2. The van der Waals surface area contributed by atoms with Gasteiger partial charge in [-0.05, 0) is 42.2 Å². The number of benzene rings is 2. The molecule has 2 aromatic carbocycles. The first kappa shape index (κ1) is 20.2. The van der Waals surface area contributed by atoms with Crippen LogP contribution in [0.25, 0.3) is 6.08 Å². The summed E-state index contributed by atoms with van der Waals surface area (Å²) in [4.78, 5) is 23.6. The van der Waals surface area contributed by atoms with Gasteiger partial charge < -0.3 is 14.8 Å². The molecule has 0 heterocycles. The lowest BCUT2D eigenvalue weighted by molar-refractivity contribution is -0.143. The van der Waals surface area contributed by atoms with Crippen molar-refractivity contribution in [3.05, 3.63) is 71.8 Å². The van der Waals surface area contributed by atoms with Gasteiger partial charge >= 0.3 is 5.97 Å². The van der Waals surface area contributed by atoms with Crippen molar-refractivity contribution in [1.29, 1.82) is 0 Å². The molecule has 0 aliphatic heterocycles. The lowest BCUT2D eigenvalue weighted by Crippen LogP contribution is -2.31. The fourth-order valence-electron chi connectivity index (χ4n) is 2.41. The molecule has 0 saturated heterocycles. The Morgan fingerprint density at radius 2 is 1.78 bits per heavy atom. The van der Waals surface area contributed by atoms with Crippen LogP contribution in [-0.4, -0.2) is 31.6 Å². The summed E-state index contributed by atoms with van der Waals surface area (Å²) >= 11 is 0. The first-order valence-corrected chi connectivity index (χ1v) is 8.98. The molecule has 5 heteroatoms. The first-order valence-electron chi connectivity index (χ1n) is 8.98. The zero-order valence-electron chi connectivity index (χ0n) is 15.7. The van der Waals surface area contributed by atoms with Crippen LogP contribution >= 0.6 is 0 Å². The van der Waals surface area contributed by atoms with Crippen molar-refractivity contribution in [3.8, 4) is 5.75 Å². The number of rotatable bonds is 9. The van der Waals surface area contributed by atoms with Gasteiger partial charge in [-0.3, -0.25) is 4.79 Å². The molecule has 0 bridgehead atoms. The average molecular weight is 367 g/mol. The van der Waals surface area contributed by atoms with Crippen molar-refractivity contribution in [2.45, 2.75) is 19.8 Å². The molecule has 0 aliphatic carbocycles. The highest BCUT2D eigenvalue weighted by Crippen LogP contribution is 2.13. The quantitative estimate of drug-likeness (QED) is 0.544. The molecule has 0 radical (unpaired) electrons. The summed E-state index contributed by atoms with van der Waals surface area (Å²) in [6.45, 7) is 4.74. The van der Waals surface area contributed by atoms with Crippen LogP contribution in [0, 0.1) is 0 Å². The second-order valence-electron chi connectivity index (χ2n) is 6.06. The van der Waals surface area contributed by atoms with Gasteiger partial charge in [0.05, 0.1) is 6.61 Å². The van der Waals surface area contributed by atoms with E-state index < -0.39 is 5.97 Å². The predicted molar refractivity (Wildman–Crippen MR) is 105 cm³/mol. The summed E-state index contributed by atoms with van der Waals surface area (Å²) in [5.74, 6) is 0.0831. The summed E-state index contributed by atoms with van der Waals surface area (Å²) in [5.41, 5.74) is 1.99. The van der Waals surface area contributed by atoms with Crippen molar-refractivity contribution in [2.24, 2.45) is 0 Å². The van der Waals surface area contributed by atoms with Crippen LogP contribution in [0.2, 0.25) is 0 Å². The van der Waals surface area contributed by atoms with Gasteiger partial charge in [0.25, 0.3) is 5.91 Å². The minimum atomic E-state index is -0.560. The SMILES string of the molecule is CCOc1ccc(/C=C/C(=O)OCC(=O)NC[C@@H](C)c2ccccc2)cc1. The zero-order chi connectivity index (χ0) is 19.5. The first-order chi connectivity index (χ1) is 13.1. The largest absolute Gasteiger partial charge is 0.494 e. The molecular weight excluding hydrogens is 342 g/mol. The molecule has 142 valence electrons. The Morgan fingerprint density at radius 1 is 1.07 bits per heavy atom. The molecule has 1 amide bonds. The van der Waals surface area contributed by atoms with Gasteiger partial charge in [0.2, 0.25) is 0 Å². The maximum absolute atomic E-state index is 11.8. The number of ether oxygens (including phenoxy) is 2. The van der Waals surface area contributed by atoms with E-state index in [1.807, 2.05) is 68.4 Å². The van der Waals surface area contributed by atoms with E-state index >= 15 is 0 Å². The van der Waals surface area contributed by atoms with Crippen LogP contribution < -0.4 is 10.1 Å². The summed E-state index contributed by atoms with van der Waals surface area (Å²) in [6.07, 6.45) is 2.93. The van der Waals surface area contributed by atoms with E-state index in [1.54, 1.807) is 6.08 Å². The van der Waals surface area contributed by atoms with Crippen LogP contribution in [0.1, 0.15) is 30.9 Å². The number of esters is 1. The second kappa shape index (κ2) is 10.8. The van der Waals surface area contributed by atoms with Crippen molar-refractivity contribution >= 4 is 18.0 Å². The molecule has 1 atom stereocenters. The molecule has 0 unspecified atom stereocenters. The molecule has 1 N–H and O–H groups in total. The number of carbonyl (C=O) groups is 2. The van der Waals surface area contributed by atoms with Crippen molar-refractivity contribution < 1.29 is 19.1 Å². The molecule has 0 fully saturated rings. The molecule has 2 aromatic rings. The second-order valence-corrected chi connectivity index (χ2v) is 6.06. The van der Waals surface area contributed by atoms with Gasteiger partial charge in [-0.15, -0.1) is 0 Å². The van der Waals surface area contributed by atoms with E-state index in [2.05, 4.69) is 5.32 Å². The highest BCUT2D eigenvalue weighted by molar-refractivity contribution is 5.89. The molecule has 27 heavy (non-hydrogen) atoms. The van der Waals surface area contributed by atoms with Gasteiger partial charge in [-0.25, -0.2) is 4.79 Å². The van der Waals surface area contributed by atoms with E-state index in [4.69, 9.17) is 9.47 Å². The van der Waals surface area contributed by atoms with Crippen LogP contribution in [0.4, 0.5) is 0 Å². The third kappa shape index (κ3) is 7.36. The Bertz CT molecular complexity index is 754. The average Bonchev–Trinajstić information content (AvgIpc) is 2.70. The molecular formula is C22H25NO4. The Hall–Kier alpha value is -3.08. The van der Waals surface area contributed by atoms with Gasteiger partial charge in [-0.2, -0.15) is 0 Å². The van der Waals surface area contributed by atoms with Crippen LogP contribution in [-0.2, 0) is 14.3 Å². The zero-order valence-corrected chi connectivity index (χ0v) is 15.7. The lowest BCUT2D eigenvalue weighted by Gasteiger charge is -2.12. The van der Waals surface area contributed by atoms with E-state index in [0.717, 1.165) is 16.9 Å². The van der Waals surface area contributed by atoms with Gasteiger partial charge in [-0.1, -0.05) is 49.4 Å². The smallest absolute Gasteiger partial charge is 0.331 e. The fourth-order valence-corrected chi connectivity index (χ4v) is 2.41. The molecule has 5 nitrogen and oxygen atoms in total. The van der Waals surface area contributed by atoms with Gasteiger partial charge in [0, 0.05) is 12.6 Å². The van der Waals surface area contributed by atoms with Crippen molar-refractivity contribution in [3.63, 3.8) is 0 Å². The minimum absolute atomic E-state index is 0.186. The predicted octanol–water partition coefficient (Wildman–Crippen LogP) is 3.56. The van der Waals surface area contributed by atoms with Gasteiger partial charge in [0.1, 0.15) is 5.75 Å². The summed E-state index contributed by atoms with van der Waals surface area (Å²) in [7, 11) is 0. The monoisotopic (exact) mass is 367 g/mol. The molecule has 0 aromatic heterocycles. The topological polar surface area (TPSA) is 64.6 Å². The van der Waals surface area contributed by atoms with Crippen molar-refractivity contribution in [1.82, 2.24) is 5.32 Å².